The first-order valence-corrected chi connectivity index (χ1v) is 10.5. The van der Waals surface area contributed by atoms with Gasteiger partial charge in [-0.25, -0.2) is 13.2 Å². The van der Waals surface area contributed by atoms with Gasteiger partial charge in [-0.2, -0.15) is 0 Å². The molecule has 3 rings (SSSR count). The molecule has 0 atom stereocenters. The molecule has 0 aliphatic heterocycles. The summed E-state index contributed by atoms with van der Waals surface area (Å²) in [4.78, 5) is 12.1. The molecule has 0 aliphatic carbocycles. The highest BCUT2D eigenvalue weighted by molar-refractivity contribution is 9.10. The number of carbonyl (C=O) groups is 1. The lowest BCUT2D eigenvalue weighted by Gasteiger charge is -2.03. The fourth-order valence-corrected chi connectivity index (χ4v) is 3.72. The van der Waals surface area contributed by atoms with Crippen LogP contribution < -0.4 is 0 Å². The SMILES string of the molecule is O=C(OCC#CCS(=O)(=O)c1ccc2ccccc2c1)c1ccc(Br)cc1. The Bertz CT molecular complexity index is 1140. The Balaban J connectivity index is 1.60. The van der Waals surface area contributed by atoms with Crippen LogP contribution in [0.4, 0.5) is 0 Å². The van der Waals surface area contributed by atoms with Crippen LogP contribution in [0.25, 0.3) is 10.8 Å². The molecule has 0 heterocycles. The molecule has 0 aliphatic rings. The van der Waals surface area contributed by atoms with Crippen LogP contribution in [-0.2, 0) is 14.6 Å². The van der Waals surface area contributed by atoms with E-state index in [0.717, 1.165) is 15.2 Å². The van der Waals surface area contributed by atoms with Crippen molar-refractivity contribution < 1.29 is 17.9 Å². The second-order valence-corrected chi connectivity index (χ2v) is 8.61. The van der Waals surface area contributed by atoms with Crippen molar-refractivity contribution in [2.45, 2.75) is 4.90 Å². The van der Waals surface area contributed by atoms with Crippen LogP contribution in [0.15, 0.2) is 76.1 Å². The van der Waals surface area contributed by atoms with Crippen molar-refractivity contribution in [3.63, 3.8) is 0 Å². The Hall–Kier alpha value is -2.62. The van der Waals surface area contributed by atoms with Gasteiger partial charge in [0.2, 0.25) is 0 Å². The Morgan fingerprint density at radius 2 is 1.63 bits per heavy atom. The number of esters is 1. The summed E-state index contributed by atoms with van der Waals surface area (Å²) in [7, 11) is -3.53. The average Bonchev–Trinajstić information content (AvgIpc) is 2.67. The van der Waals surface area contributed by atoms with Gasteiger partial charge in [0.05, 0.1) is 10.5 Å². The van der Waals surface area contributed by atoms with Crippen LogP contribution in [-0.4, -0.2) is 26.7 Å². The molecule has 6 heteroatoms. The Kier molecular flexibility index (Phi) is 5.94. The van der Waals surface area contributed by atoms with Crippen molar-refractivity contribution in [3.05, 3.63) is 76.8 Å². The number of benzene rings is 3. The number of ether oxygens (including phenoxy) is 1. The van der Waals surface area contributed by atoms with Gasteiger partial charge in [-0.1, -0.05) is 58.1 Å². The van der Waals surface area contributed by atoms with Crippen molar-refractivity contribution >= 4 is 42.5 Å². The normalized spacial score (nSPS) is 10.9. The van der Waals surface area contributed by atoms with E-state index in [0.29, 0.717) is 5.56 Å². The van der Waals surface area contributed by atoms with Gasteiger partial charge in [-0.3, -0.25) is 0 Å². The Morgan fingerprint density at radius 3 is 2.37 bits per heavy atom. The van der Waals surface area contributed by atoms with E-state index in [-0.39, 0.29) is 17.3 Å². The summed E-state index contributed by atoms with van der Waals surface area (Å²) in [6.45, 7) is -0.165. The fraction of sp³-hybridized carbons (Fsp3) is 0.0952. The summed E-state index contributed by atoms with van der Waals surface area (Å²) in [5, 5.41) is 1.83. The number of fused-ring (bicyclic) bond motifs is 1. The number of halogens is 1. The van der Waals surface area contributed by atoms with Gasteiger partial charge in [-0.05, 0) is 47.2 Å². The topological polar surface area (TPSA) is 60.4 Å². The van der Waals surface area contributed by atoms with Gasteiger partial charge in [0, 0.05) is 4.47 Å². The molecule has 27 heavy (non-hydrogen) atoms. The minimum Gasteiger partial charge on any atom is -0.449 e. The lowest BCUT2D eigenvalue weighted by molar-refractivity contribution is 0.0556. The fourth-order valence-electron chi connectivity index (χ4n) is 2.41. The lowest BCUT2D eigenvalue weighted by atomic mass is 10.1. The predicted molar refractivity (Wildman–Crippen MR) is 108 cm³/mol. The van der Waals surface area contributed by atoms with Gasteiger partial charge >= 0.3 is 5.97 Å². The third-order valence-electron chi connectivity index (χ3n) is 3.82. The standard InChI is InChI=1S/C21H15BrO4S/c22-19-10-7-17(8-11-19)21(23)26-13-3-4-14-27(24,25)20-12-9-16-5-1-2-6-18(16)15-20/h1-2,5-12,15H,13-14H2. The summed E-state index contributed by atoms with van der Waals surface area (Å²) in [5.41, 5.74) is 0.406. The number of carbonyl (C=O) groups excluding carboxylic acids is 1. The van der Waals surface area contributed by atoms with E-state index in [1.165, 1.54) is 0 Å². The molecule has 0 unspecified atom stereocenters. The van der Waals surface area contributed by atoms with Crippen molar-refractivity contribution in [3.8, 4) is 11.8 Å². The first-order valence-electron chi connectivity index (χ1n) is 8.06. The number of hydrogen-bond donors (Lipinski definition) is 0. The summed E-state index contributed by atoms with van der Waals surface area (Å²) >= 11 is 3.29. The molecule has 0 saturated heterocycles. The van der Waals surface area contributed by atoms with Crippen molar-refractivity contribution in [2.24, 2.45) is 0 Å². The van der Waals surface area contributed by atoms with Gasteiger partial charge in [0.1, 0.15) is 5.75 Å². The smallest absolute Gasteiger partial charge is 0.339 e. The second kappa shape index (κ2) is 8.38. The van der Waals surface area contributed by atoms with Crippen LogP contribution >= 0.6 is 15.9 Å². The van der Waals surface area contributed by atoms with Crippen LogP contribution in [0.3, 0.4) is 0 Å². The van der Waals surface area contributed by atoms with Crippen LogP contribution in [0, 0.1) is 11.8 Å². The molecule has 0 aromatic heterocycles. The van der Waals surface area contributed by atoms with E-state index in [9.17, 15) is 13.2 Å². The number of hydrogen-bond acceptors (Lipinski definition) is 4. The third kappa shape index (κ3) is 4.97. The van der Waals surface area contributed by atoms with E-state index in [2.05, 4.69) is 27.8 Å². The van der Waals surface area contributed by atoms with Crippen molar-refractivity contribution in [1.82, 2.24) is 0 Å². The maximum Gasteiger partial charge on any atom is 0.339 e. The molecule has 0 amide bonds. The predicted octanol–water partition coefficient (Wildman–Crippen LogP) is 4.24. The van der Waals surface area contributed by atoms with Crippen LogP contribution in [0.5, 0.6) is 0 Å². The monoisotopic (exact) mass is 442 g/mol. The highest BCUT2D eigenvalue weighted by Gasteiger charge is 2.13. The molecule has 3 aromatic rings. The molecule has 136 valence electrons. The quantitative estimate of drug-likeness (QED) is 0.447. The molecule has 0 bridgehead atoms. The lowest BCUT2D eigenvalue weighted by Crippen LogP contribution is -2.07. The molecule has 0 radical (unpaired) electrons. The summed E-state index contributed by atoms with van der Waals surface area (Å²) in [5.74, 6) is 4.31. The van der Waals surface area contributed by atoms with Crippen molar-refractivity contribution in [1.29, 1.82) is 0 Å². The van der Waals surface area contributed by atoms with Gasteiger partial charge in [-0.15, -0.1) is 0 Å². The Labute approximate surface area is 166 Å². The van der Waals surface area contributed by atoms with Gasteiger partial charge < -0.3 is 4.74 Å². The minimum absolute atomic E-state index is 0.165. The third-order valence-corrected chi connectivity index (χ3v) is 5.85. The van der Waals surface area contributed by atoms with Crippen LogP contribution in [0.2, 0.25) is 0 Å². The zero-order valence-corrected chi connectivity index (χ0v) is 16.6. The maximum absolute atomic E-state index is 12.4. The van der Waals surface area contributed by atoms with Gasteiger partial charge in [0.25, 0.3) is 0 Å². The molecular weight excluding hydrogens is 428 g/mol. The number of rotatable bonds is 4. The molecule has 0 spiro atoms. The van der Waals surface area contributed by atoms with E-state index >= 15 is 0 Å². The first-order chi connectivity index (χ1) is 13.0. The minimum atomic E-state index is -3.53. The zero-order valence-electron chi connectivity index (χ0n) is 14.2. The summed E-state index contributed by atoms with van der Waals surface area (Å²) in [6.07, 6.45) is 0. The zero-order chi connectivity index (χ0) is 19.3. The molecule has 3 aromatic carbocycles. The van der Waals surface area contributed by atoms with Gasteiger partial charge in [0.15, 0.2) is 16.4 Å². The van der Waals surface area contributed by atoms with E-state index in [4.69, 9.17) is 4.74 Å². The van der Waals surface area contributed by atoms with E-state index < -0.39 is 15.8 Å². The van der Waals surface area contributed by atoms with Crippen molar-refractivity contribution in [2.75, 3.05) is 12.4 Å². The Morgan fingerprint density at radius 1 is 0.926 bits per heavy atom. The molecule has 0 fully saturated rings. The first kappa shape index (κ1) is 19.2. The largest absolute Gasteiger partial charge is 0.449 e. The highest BCUT2D eigenvalue weighted by atomic mass is 79.9. The maximum atomic E-state index is 12.4. The average molecular weight is 443 g/mol. The summed E-state index contributed by atoms with van der Waals surface area (Å²) < 4.78 is 30.7. The summed E-state index contributed by atoms with van der Waals surface area (Å²) in [6, 6.07) is 19.3. The number of sulfone groups is 1. The van der Waals surface area contributed by atoms with Crippen LogP contribution in [0.1, 0.15) is 10.4 Å². The molecular formula is C21H15BrO4S. The molecule has 4 nitrogen and oxygen atoms in total. The van der Waals surface area contributed by atoms with E-state index in [1.54, 1.807) is 42.5 Å². The van der Waals surface area contributed by atoms with E-state index in [1.807, 2.05) is 24.3 Å². The second-order valence-electron chi connectivity index (χ2n) is 5.70. The molecule has 0 saturated carbocycles. The highest BCUT2D eigenvalue weighted by Crippen LogP contribution is 2.19. The molecule has 0 N–H and O–H groups in total.